The lowest BCUT2D eigenvalue weighted by atomic mass is 10.2. The number of hydrazone groups is 1. The normalized spacial score (nSPS) is 10.6. The third-order valence-electron chi connectivity index (χ3n) is 3.67. The number of hydrogen-bond acceptors (Lipinski definition) is 5. The molecule has 0 aliphatic rings. The molecule has 0 bridgehead atoms. The highest BCUT2D eigenvalue weighted by atomic mass is 35.5. The molecule has 5 nitrogen and oxygen atoms in total. The molecule has 136 valence electrons. The van der Waals surface area contributed by atoms with Crippen molar-refractivity contribution < 1.29 is 14.3 Å². The van der Waals surface area contributed by atoms with Crippen LogP contribution in [0.2, 0.25) is 5.02 Å². The van der Waals surface area contributed by atoms with Gasteiger partial charge in [0.05, 0.1) is 29.6 Å². The van der Waals surface area contributed by atoms with E-state index in [2.05, 4.69) is 10.5 Å². The molecule has 3 rings (SSSR count). The quantitative estimate of drug-likeness (QED) is 0.282. The lowest BCUT2D eigenvalue weighted by Crippen LogP contribution is -2.10. The molecule has 0 amide bonds. The first-order valence-electron chi connectivity index (χ1n) is 8.16. The molecule has 0 radical (unpaired) electrons. The van der Waals surface area contributed by atoms with Crippen LogP contribution < -0.4 is 14.9 Å². The van der Waals surface area contributed by atoms with Crippen LogP contribution in [0, 0.1) is 0 Å². The molecule has 0 aliphatic carbocycles. The van der Waals surface area contributed by atoms with E-state index in [0.717, 1.165) is 11.3 Å². The fourth-order valence-corrected chi connectivity index (χ4v) is 2.54. The number of anilines is 1. The van der Waals surface area contributed by atoms with Gasteiger partial charge in [0.2, 0.25) is 0 Å². The van der Waals surface area contributed by atoms with E-state index < -0.39 is 5.97 Å². The first-order chi connectivity index (χ1) is 13.2. The lowest BCUT2D eigenvalue weighted by Gasteiger charge is -2.10. The van der Waals surface area contributed by atoms with Crippen molar-refractivity contribution in [2.45, 2.75) is 0 Å². The van der Waals surface area contributed by atoms with Gasteiger partial charge in [-0.05, 0) is 48.0 Å². The Balaban J connectivity index is 1.72. The van der Waals surface area contributed by atoms with Crippen molar-refractivity contribution in [2.75, 3.05) is 12.5 Å². The second-order valence-corrected chi connectivity index (χ2v) is 5.92. The van der Waals surface area contributed by atoms with Crippen LogP contribution in [0.25, 0.3) is 0 Å². The van der Waals surface area contributed by atoms with E-state index in [1.807, 2.05) is 30.3 Å². The van der Waals surface area contributed by atoms with E-state index in [9.17, 15) is 4.79 Å². The number of nitrogens with one attached hydrogen (secondary N) is 1. The van der Waals surface area contributed by atoms with E-state index >= 15 is 0 Å². The first-order valence-corrected chi connectivity index (χ1v) is 8.54. The maximum absolute atomic E-state index is 12.3. The molecular weight excluding hydrogens is 364 g/mol. The van der Waals surface area contributed by atoms with Gasteiger partial charge < -0.3 is 9.47 Å². The van der Waals surface area contributed by atoms with Gasteiger partial charge in [0.25, 0.3) is 0 Å². The number of nitrogens with zero attached hydrogens (tertiary/aromatic N) is 1. The number of carbonyl (C=O) groups is 1. The number of methoxy groups -OCH3 is 1. The Bertz CT molecular complexity index is 959. The topological polar surface area (TPSA) is 59.9 Å². The summed E-state index contributed by atoms with van der Waals surface area (Å²) < 4.78 is 10.7. The highest BCUT2D eigenvalue weighted by molar-refractivity contribution is 6.33. The van der Waals surface area contributed by atoms with Crippen LogP contribution in [0.15, 0.2) is 77.9 Å². The molecule has 0 fully saturated rings. The highest BCUT2D eigenvalue weighted by Crippen LogP contribution is 2.29. The Morgan fingerprint density at radius 2 is 1.74 bits per heavy atom. The Morgan fingerprint density at radius 1 is 1.00 bits per heavy atom. The summed E-state index contributed by atoms with van der Waals surface area (Å²) in [4.78, 5) is 12.3. The van der Waals surface area contributed by atoms with Gasteiger partial charge in [-0.2, -0.15) is 5.10 Å². The van der Waals surface area contributed by atoms with Crippen molar-refractivity contribution in [3.8, 4) is 11.5 Å². The molecule has 0 atom stereocenters. The Kier molecular flexibility index (Phi) is 6.07. The zero-order valence-corrected chi connectivity index (χ0v) is 15.3. The van der Waals surface area contributed by atoms with Crippen molar-refractivity contribution >= 4 is 29.5 Å². The fourth-order valence-electron chi connectivity index (χ4n) is 2.32. The summed E-state index contributed by atoms with van der Waals surface area (Å²) in [6.07, 6.45) is 1.65. The number of ether oxygens (including phenoxy) is 2. The van der Waals surface area contributed by atoms with E-state index in [1.54, 1.807) is 48.7 Å². The summed E-state index contributed by atoms with van der Waals surface area (Å²) in [5.74, 6) is 0.167. The minimum Gasteiger partial charge on any atom is -0.493 e. The van der Waals surface area contributed by atoms with Crippen LogP contribution in [0.5, 0.6) is 11.5 Å². The number of rotatable bonds is 6. The molecule has 3 aromatic rings. The number of carbonyl (C=O) groups excluding carboxylic acids is 1. The van der Waals surface area contributed by atoms with E-state index in [-0.39, 0.29) is 0 Å². The van der Waals surface area contributed by atoms with Gasteiger partial charge >= 0.3 is 5.97 Å². The molecule has 0 aliphatic heterocycles. The minimum absolute atomic E-state index is 0.291. The Labute approximate surface area is 162 Å². The van der Waals surface area contributed by atoms with Gasteiger partial charge in [-0.15, -0.1) is 0 Å². The van der Waals surface area contributed by atoms with Crippen LogP contribution in [0.4, 0.5) is 5.69 Å². The van der Waals surface area contributed by atoms with Gasteiger partial charge in [0.15, 0.2) is 11.5 Å². The molecule has 27 heavy (non-hydrogen) atoms. The second kappa shape index (κ2) is 8.87. The van der Waals surface area contributed by atoms with E-state index in [0.29, 0.717) is 22.1 Å². The number of halogens is 1. The maximum Gasteiger partial charge on any atom is 0.345 e. The number of para-hydroxylation sites is 1. The molecule has 0 aromatic heterocycles. The summed E-state index contributed by atoms with van der Waals surface area (Å²) in [7, 11) is 1.51. The fraction of sp³-hybridized carbons (Fsp3) is 0.0476. The lowest BCUT2D eigenvalue weighted by molar-refractivity contribution is 0.0730. The molecule has 0 saturated heterocycles. The molecule has 1 N–H and O–H groups in total. The SMILES string of the molecule is COc1cc(C=NNc2ccccc2)ccc1OC(=O)c1ccccc1Cl. The van der Waals surface area contributed by atoms with Crippen molar-refractivity contribution in [2.24, 2.45) is 5.10 Å². The smallest absolute Gasteiger partial charge is 0.345 e. The average Bonchev–Trinajstić information content (AvgIpc) is 2.70. The van der Waals surface area contributed by atoms with Crippen LogP contribution in [0.3, 0.4) is 0 Å². The zero-order chi connectivity index (χ0) is 19.1. The van der Waals surface area contributed by atoms with Crippen molar-refractivity contribution in [1.29, 1.82) is 0 Å². The summed E-state index contributed by atoms with van der Waals surface area (Å²) in [6.45, 7) is 0. The van der Waals surface area contributed by atoms with Gasteiger partial charge in [-0.3, -0.25) is 5.43 Å². The predicted molar refractivity (Wildman–Crippen MR) is 107 cm³/mol. The molecule has 6 heteroatoms. The molecule has 0 saturated carbocycles. The summed E-state index contributed by atoms with van der Waals surface area (Å²) >= 11 is 6.04. The Morgan fingerprint density at radius 3 is 2.48 bits per heavy atom. The molecule has 0 heterocycles. The predicted octanol–water partition coefficient (Wildman–Crippen LogP) is 5.01. The summed E-state index contributed by atoms with van der Waals surface area (Å²) in [6, 6.07) is 21.5. The first kappa shape index (κ1) is 18.5. The number of hydrogen-bond donors (Lipinski definition) is 1. The van der Waals surface area contributed by atoms with Crippen LogP contribution in [0.1, 0.15) is 15.9 Å². The largest absolute Gasteiger partial charge is 0.493 e. The van der Waals surface area contributed by atoms with Crippen molar-refractivity contribution in [3.63, 3.8) is 0 Å². The van der Waals surface area contributed by atoms with Crippen molar-refractivity contribution in [1.82, 2.24) is 0 Å². The van der Waals surface area contributed by atoms with Gasteiger partial charge in [0.1, 0.15) is 0 Å². The van der Waals surface area contributed by atoms with Gasteiger partial charge in [-0.1, -0.05) is 41.9 Å². The standard InChI is InChI=1S/C21H17ClN2O3/c1-26-20-13-15(14-23-24-16-7-3-2-4-8-16)11-12-19(20)27-21(25)17-9-5-6-10-18(17)22/h2-14,24H,1H3. The summed E-state index contributed by atoms with van der Waals surface area (Å²) in [5.41, 5.74) is 4.89. The monoisotopic (exact) mass is 380 g/mol. The van der Waals surface area contributed by atoms with Crippen LogP contribution >= 0.6 is 11.6 Å². The van der Waals surface area contributed by atoms with E-state index in [1.165, 1.54) is 7.11 Å². The van der Waals surface area contributed by atoms with Crippen LogP contribution in [-0.4, -0.2) is 19.3 Å². The summed E-state index contributed by atoms with van der Waals surface area (Å²) in [5, 5.41) is 4.51. The number of esters is 1. The third kappa shape index (κ3) is 4.86. The molecule has 0 spiro atoms. The number of benzene rings is 3. The van der Waals surface area contributed by atoms with Crippen molar-refractivity contribution in [3.05, 3.63) is 88.9 Å². The Hall–Kier alpha value is -3.31. The van der Waals surface area contributed by atoms with Gasteiger partial charge in [0, 0.05) is 0 Å². The van der Waals surface area contributed by atoms with E-state index in [4.69, 9.17) is 21.1 Å². The van der Waals surface area contributed by atoms with Gasteiger partial charge in [-0.25, -0.2) is 4.79 Å². The molecular formula is C21H17ClN2O3. The average molecular weight is 381 g/mol. The van der Waals surface area contributed by atoms with Crippen LogP contribution in [-0.2, 0) is 0 Å². The highest BCUT2D eigenvalue weighted by Gasteiger charge is 2.15. The third-order valence-corrected chi connectivity index (χ3v) is 3.99. The second-order valence-electron chi connectivity index (χ2n) is 5.52. The zero-order valence-electron chi connectivity index (χ0n) is 14.6. The molecule has 0 unspecified atom stereocenters. The minimum atomic E-state index is -0.550. The maximum atomic E-state index is 12.3. The molecule has 3 aromatic carbocycles.